The van der Waals surface area contributed by atoms with Gasteiger partial charge in [-0.3, -0.25) is 9.10 Å². The predicted molar refractivity (Wildman–Crippen MR) is 130 cm³/mol. The number of rotatable bonds is 7. The Kier molecular flexibility index (Phi) is 6.74. The summed E-state index contributed by atoms with van der Waals surface area (Å²) < 4.78 is 30.8. The molecule has 0 radical (unpaired) electrons. The lowest BCUT2D eigenvalue weighted by atomic mass is 10.0. The molecule has 1 amide bonds. The number of carbonyl (C=O) groups excluding carboxylic acids is 1. The van der Waals surface area contributed by atoms with Crippen LogP contribution in [0.4, 0.5) is 17.1 Å². The molecule has 168 valence electrons. The van der Waals surface area contributed by atoms with Crippen LogP contribution in [-0.2, 0) is 10.0 Å². The quantitative estimate of drug-likeness (QED) is 0.583. The summed E-state index contributed by atoms with van der Waals surface area (Å²) in [5.41, 5.74) is 3.94. The molecule has 1 N–H and O–H groups in total. The van der Waals surface area contributed by atoms with Crippen molar-refractivity contribution in [3.8, 4) is 16.9 Å². The molecule has 0 aliphatic rings. The molecule has 3 aromatic carbocycles. The van der Waals surface area contributed by atoms with E-state index in [2.05, 4.69) is 5.32 Å². The Labute approximate surface area is 189 Å². The number of nitrogens with one attached hydrogen (secondary N) is 1. The number of para-hydroxylation sites is 1. The van der Waals surface area contributed by atoms with Crippen molar-refractivity contribution >= 4 is 33.0 Å². The predicted octanol–water partition coefficient (Wildman–Crippen LogP) is 4.08. The summed E-state index contributed by atoms with van der Waals surface area (Å²) in [4.78, 5) is 15.0. The van der Waals surface area contributed by atoms with E-state index >= 15 is 0 Å². The summed E-state index contributed by atoms with van der Waals surface area (Å²) in [7, 11) is 3.35. The monoisotopic (exact) mass is 453 g/mol. The molecular weight excluding hydrogens is 426 g/mol. The normalized spacial score (nSPS) is 11.0. The molecule has 0 spiro atoms. The van der Waals surface area contributed by atoms with Crippen molar-refractivity contribution in [2.45, 2.75) is 0 Å². The summed E-state index contributed by atoms with van der Waals surface area (Å²) in [6, 6.07) is 20.1. The summed E-state index contributed by atoms with van der Waals surface area (Å²) in [5.74, 6) is 0.0316. The second-order valence-corrected chi connectivity index (χ2v) is 9.57. The van der Waals surface area contributed by atoms with Gasteiger partial charge in [0, 0.05) is 26.8 Å². The number of anilines is 3. The zero-order valence-corrected chi connectivity index (χ0v) is 19.6. The third-order valence-electron chi connectivity index (χ3n) is 5.15. The maximum atomic E-state index is 13.0. The number of hydrogen-bond acceptors (Lipinski definition) is 5. The van der Waals surface area contributed by atoms with E-state index in [-0.39, 0.29) is 0 Å². The van der Waals surface area contributed by atoms with Gasteiger partial charge in [0.05, 0.1) is 30.3 Å². The highest BCUT2D eigenvalue weighted by molar-refractivity contribution is 7.92. The topological polar surface area (TPSA) is 79.0 Å². The molecule has 0 aromatic heterocycles. The van der Waals surface area contributed by atoms with Gasteiger partial charge in [-0.05, 0) is 47.5 Å². The Morgan fingerprint density at radius 2 is 1.53 bits per heavy atom. The summed E-state index contributed by atoms with van der Waals surface area (Å²) in [5, 5.41) is 2.86. The second-order valence-electron chi connectivity index (χ2n) is 7.56. The first-order chi connectivity index (χ1) is 15.1. The van der Waals surface area contributed by atoms with Gasteiger partial charge >= 0.3 is 0 Å². The van der Waals surface area contributed by atoms with Crippen molar-refractivity contribution in [1.29, 1.82) is 0 Å². The first kappa shape index (κ1) is 23.1. The van der Waals surface area contributed by atoms with Crippen molar-refractivity contribution in [2.75, 3.05) is 49.0 Å². The number of nitrogens with zero attached hydrogens (tertiary/aromatic N) is 2. The number of amides is 1. The van der Waals surface area contributed by atoms with Crippen LogP contribution in [-0.4, -0.2) is 48.8 Å². The molecule has 8 heteroatoms. The first-order valence-electron chi connectivity index (χ1n) is 9.92. The summed E-state index contributed by atoms with van der Waals surface area (Å²) in [6.07, 6.45) is 1.12. The number of hydrogen-bond donors (Lipinski definition) is 1. The van der Waals surface area contributed by atoms with Crippen LogP contribution in [0.1, 0.15) is 10.4 Å². The largest absolute Gasteiger partial charge is 0.496 e. The minimum atomic E-state index is -3.53. The third kappa shape index (κ3) is 5.03. The average Bonchev–Trinajstić information content (AvgIpc) is 2.78. The molecule has 3 rings (SSSR count). The van der Waals surface area contributed by atoms with Gasteiger partial charge in [0.1, 0.15) is 5.75 Å². The zero-order valence-electron chi connectivity index (χ0n) is 18.8. The molecule has 0 aliphatic carbocycles. The van der Waals surface area contributed by atoms with Crippen molar-refractivity contribution < 1.29 is 17.9 Å². The number of benzene rings is 3. The van der Waals surface area contributed by atoms with E-state index in [1.54, 1.807) is 36.4 Å². The lowest BCUT2D eigenvalue weighted by Crippen LogP contribution is -2.26. The molecule has 0 heterocycles. The molecule has 0 atom stereocenters. The smallest absolute Gasteiger partial charge is 0.259 e. The fourth-order valence-corrected chi connectivity index (χ4v) is 3.76. The highest BCUT2D eigenvalue weighted by Gasteiger charge is 2.20. The molecule has 0 fully saturated rings. The number of ether oxygens (including phenoxy) is 1. The molecule has 0 saturated heterocycles. The van der Waals surface area contributed by atoms with Crippen LogP contribution in [0.5, 0.6) is 5.75 Å². The standard InChI is InChI=1S/C24H27N3O4S/c1-26(2)19-13-10-17(11-14-19)18-12-15-22(27(3)32(5,29)30)21(16-18)25-24(28)20-8-6-7-9-23(20)31-4/h6-16H,1-5H3,(H,25,28). The van der Waals surface area contributed by atoms with Gasteiger partial charge in [-0.1, -0.05) is 30.3 Å². The Morgan fingerprint density at radius 3 is 2.12 bits per heavy atom. The molecule has 7 nitrogen and oxygen atoms in total. The SMILES string of the molecule is COc1ccccc1C(=O)Nc1cc(-c2ccc(N(C)C)cc2)ccc1N(C)S(C)(=O)=O. The molecule has 0 aliphatic heterocycles. The third-order valence-corrected chi connectivity index (χ3v) is 6.34. The number of sulfonamides is 1. The van der Waals surface area contributed by atoms with Gasteiger partial charge in [-0.25, -0.2) is 8.42 Å². The van der Waals surface area contributed by atoms with Crippen molar-refractivity contribution in [1.82, 2.24) is 0 Å². The maximum Gasteiger partial charge on any atom is 0.259 e. The zero-order chi connectivity index (χ0) is 23.5. The van der Waals surface area contributed by atoms with Crippen molar-refractivity contribution in [3.63, 3.8) is 0 Å². The van der Waals surface area contributed by atoms with Crippen LogP contribution in [0.3, 0.4) is 0 Å². The lowest BCUT2D eigenvalue weighted by molar-refractivity contribution is 0.102. The van der Waals surface area contributed by atoms with Gasteiger partial charge in [0.15, 0.2) is 0 Å². The highest BCUT2D eigenvalue weighted by Crippen LogP contribution is 2.33. The van der Waals surface area contributed by atoms with E-state index in [9.17, 15) is 13.2 Å². The Bertz CT molecular complexity index is 1220. The second kappa shape index (κ2) is 9.32. The van der Waals surface area contributed by atoms with Gasteiger partial charge < -0.3 is 15.0 Å². The van der Waals surface area contributed by atoms with Gasteiger partial charge in [0.25, 0.3) is 5.91 Å². The Balaban J connectivity index is 2.05. The van der Waals surface area contributed by atoms with E-state index in [4.69, 9.17) is 4.74 Å². The van der Waals surface area contributed by atoms with Gasteiger partial charge in [0.2, 0.25) is 10.0 Å². The van der Waals surface area contributed by atoms with E-state index in [1.807, 2.05) is 49.3 Å². The first-order valence-corrected chi connectivity index (χ1v) is 11.8. The van der Waals surface area contributed by atoms with E-state index in [1.165, 1.54) is 14.2 Å². The van der Waals surface area contributed by atoms with Crippen LogP contribution in [0.15, 0.2) is 66.7 Å². The van der Waals surface area contributed by atoms with Crippen LogP contribution >= 0.6 is 0 Å². The van der Waals surface area contributed by atoms with Crippen LogP contribution in [0, 0.1) is 0 Å². The molecule has 3 aromatic rings. The minimum Gasteiger partial charge on any atom is -0.496 e. The van der Waals surface area contributed by atoms with E-state index < -0.39 is 15.9 Å². The molecule has 0 bridgehead atoms. The van der Waals surface area contributed by atoms with Gasteiger partial charge in [-0.2, -0.15) is 0 Å². The van der Waals surface area contributed by atoms with Crippen LogP contribution in [0.25, 0.3) is 11.1 Å². The fourth-order valence-electron chi connectivity index (χ4n) is 3.24. The van der Waals surface area contributed by atoms with Crippen LogP contribution in [0.2, 0.25) is 0 Å². The molecule has 0 unspecified atom stereocenters. The molecule has 32 heavy (non-hydrogen) atoms. The Morgan fingerprint density at radius 1 is 0.906 bits per heavy atom. The highest BCUT2D eigenvalue weighted by atomic mass is 32.2. The van der Waals surface area contributed by atoms with E-state index in [0.29, 0.717) is 22.7 Å². The van der Waals surface area contributed by atoms with Crippen LogP contribution < -0.4 is 19.3 Å². The summed E-state index contributed by atoms with van der Waals surface area (Å²) >= 11 is 0. The molecular formula is C24H27N3O4S. The minimum absolute atomic E-state index is 0.351. The molecule has 0 saturated carbocycles. The maximum absolute atomic E-state index is 13.0. The average molecular weight is 454 g/mol. The fraction of sp³-hybridized carbons (Fsp3) is 0.208. The summed E-state index contributed by atoms with van der Waals surface area (Å²) in [6.45, 7) is 0. The van der Waals surface area contributed by atoms with Crippen molar-refractivity contribution in [2.24, 2.45) is 0 Å². The van der Waals surface area contributed by atoms with E-state index in [0.717, 1.165) is 27.4 Å². The lowest BCUT2D eigenvalue weighted by Gasteiger charge is -2.22. The Hall–Kier alpha value is -3.52. The van der Waals surface area contributed by atoms with Crippen molar-refractivity contribution in [3.05, 3.63) is 72.3 Å². The number of methoxy groups -OCH3 is 1. The van der Waals surface area contributed by atoms with Gasteiger partial charge in [-0.15, -0.1) is 0 Å². The number of carbonyl (C=O) groups is 1.